The van der Waals surface area contributed by atoms with E-state index >= 15 is 0 Å². The van der Waals surface area contributed by atoms with E-state index < -0.39 is 0 Å². The van der Waals surface area contributed by atoms with Gasteiger partial charge < -0.3 is 9.47 Å². The molecule has 0 unspecified atom stereocenters. The van der Waals surface area contributed by atoms with Crippen molar-refractivity contribution >= 4 is 5.97 Å². The molecule has 19 heavy (non-hydrogen) atoms. The van der Waals surface area contributed by atoms with Crippen LogP contribution in [0.4, 0.5) is 0 Å². The van der Waals surface area contributed by atoms with Gasteiger partial charge >= 0.3 is 5.97 Å². The molecule has 0 radical (unpaired) electrons. The van der Waals surface area contributed by atoms with E-state index in [1.165, 1.54) is 19.1 Å². The predicted octanol–water partition coefficient (Wildman–Crippen LogP) is 2.40. The van der Waals surface area contributed by atoms with Gasteiger partial charge in [0.25, 0.3) is 0 Å². The third kappa shape index (κ3) is 3.47. The summed E-state index contributed by atoms with van der Waals surface area (Å²) in [5.74, 6) is 0.744. The second-order valence-electron chi connectivity index (χ2n) is 4.80. The fourth-order valence-corrected chi connectivity index (χ4v) is 2.66. The van der Waals surface area contributed by atoms with E-state index in [1.807, 2.05) is 12.1 Å². The molecular formula is C15H21NO3. The number of carbonyl (C=O) groups excluding carboxylic acids is 1. The molecule has 4 heteroatoms. The monoisotopic (exact) mass is 263 g/mol. The maximum atomic E-state index is 11.2. The van der Waals surface area contributed by atoms with Crippen molar-refractivity contribution in [3.63, 3.8) is 0 Å². The highest BCUT2D eigenvalue weighted by Crippen LogP contribution is 2.33. The van der Waals surface area contributed by atoms with Gasteiger partial charge in [-0.2, -0.15) is 0 Å². The summed E-state index contributed by atoms with van der Waals surface area (Å²) in [6.07, 6.45) is 2.76. The SMILES string of the molecule is COC(=O)CCN1CCC[C@H]1c1cccc(OC)c1. The Morgan fingerprint density at radius 1 is 1.42 bits per heavy atom. The van der Waals surface area contributed by atoms with Gasteiger partial charge in [0, 0.05) is 12.6 Å². The van der Waals surface area contributed by atoms with Crippen molar-refractivity contribution in [1.82, 2.24) is 4.90 Å². The lowest BCUT2D eigenvalue weighted by Crippen LogP contribution is -2.26. The van der Waals surface area contributed by atoms with Crippen LogP contribution in [0.3, 0.4) is 0 Å². The van der Waals surface area contributed by atoms with Crippen LogP contribution in [0.25, 0.3) is 0 Å². The summed E-state index contributed by atoms with van der Waals surface area (Å²) >= 11 is 0. The summed E-state index contributed by atoms with van der Waals surface area (Å²) < 4.78 is 9.97. The van der Waals surface area contributed by atoms with Crippen LogP contribution in [0.15, 0.2) is 24.3 Å². The van der Waals surface area contributed by atoms with Gasteiger partial charge in [0.1, 0.15) is 5.75 Å². The van der Waals surface area contributed by atoms with Crippen LogP contribution in [0.5, 0.6) is 5.75 Å². The van der Waals surface area contributed by atoms with Crippen LogP contribution in [0.1, 0.15) is 30.9 Å². The largest absolute Gasteiger partial charge is 0.497 e. The van der Waals surface area contributed by atoms with Crippen molar-refractivity contribution in [2.75, 3.05) is 27.3 Å². The number of benzene rings is 1. The summed E-state index contributed by atoms with van der Waals surface area (Å²) in [6, 6.07) is 8.58. The van der Waals surface area contributed by atoms with E-state index in [0.29, 0.717) is 12.5 Å². The second kappa shape index (κ2) is 6.57. The summed E-state index contributed by atoms with van der Waals surface area (Å²) in [6.45, 7) is 1.80. The van der Waals surface area contributed by atoms with Gasteiger partial charge in [-0.15, -0.1) is 0 Å². The van der Waals surface area contributed by atoms with E-state index in [4.69, 9.17) is 9.47 Å². The van der Waals surface area contributed by atoms with Crippen LogP contribution < -0.4 is 4.74 Å². The molecule has 1 aromatic rings. The Morgan fingerprint density at radius 2 is 2.26 bits per heavy atom. The number of methoxy groups -OCH3 is 2. The van der Waals surface area contributed by atoms with Crippen molar-refractivity contribution in [2.45, 2.75) is 25.3 Å². The maximum absolute atomic E-state index is 11.2. The number of hydrogen-bond donors (Lipinski definition) is 0. The van der Waals surface area contributed by atoms with Gasteiger partial charge in [-0.3, -0.25) is 9.69 Å². The lowest BCUT2D eigenvalue weighted by Gasteiger charge is -2.24. The molecule has 0 N–H and O–H groups in total. The normalized spacial score (nSPS) is 19.4. The molecule has 2 rings (SSSR count). The fraction of sp³-hybridized carbons (Fsp3) is 0.533. The fourth-order valence-electron chi connectivity index (χ4n) is 2.66. The van der Waals surface area contributed by atoms with Gasteiger partial charge in [-0.05, 0) is 37.1 Å². The number of esters is 1. The zero-order chi connectivity index (χ0) is 13.7. The van der Waals surface area contributed by atoms with Gasteiger partial charge in [0.05, 0.1) is 20.6 Å². The first kappa shape index (κ1) is 13.9. The first-order valence-electron chi connectivity index (χ1n) is 6.69. The molecule has 1 fully saturated rings. The number of hydrogen-bond acceptors (Lipinski definition) is 4. The number of rotatable bonds is 5. The van der Waals surface area contributed by atoms with E-state index in [2.05, 4.69) is 17.0 Å². The zero-order valence-electron chi connectivity index (χ0n) is 11.6. The second-order valence-corrected chi connectivity index (χ2v) is 4.80. The minimum absolute atomic E-state index is 0.142. The molecule has 0 spiro atoms. The summed E-state index contributed by atoms with van der Waals surface area (Å²) in [7, 11) is 3.12. The van der Waals surface area contributed by atoms with Crippen molar-refractivity contribution in [1.29, 1.82) is 0 Å². The van der Waals surface area contributed by atoms with Crippen molar-refractivity contribution in [3.05, 3.63) is 29.8 Å². The van der Waals surface area contributed by atoms with Crippen molar-refractivity contribution in [3.8, 4) is 5.75 Å². The maximum Gasteiger partial charge on any atom is 0.306 e. The minimum Gasteiger partial charge on any atom is -0.497 e. The average molecular weight is 263 g/mol. The molecule has 0 amide bonds. The highest BCUT2D eigenvalue weighted by atomic mass is 16.5. The van der Waals surface area contributed by atoms with Crippen molar-refractivity contribution in [2.24, 2.45) is 0 Å². The van der Waals surface area contributed by atoms with E-state index in [1.54, 1.807) is 7.11 Å². The smallest absolute Gasteiger partial charge is 0.306 e. The van der Waals surface area contributed by atoms with E-state index in [-0.39, 0.29) is 5.97 Å². The van der Waals surface area contributed by atoms with Gasteiger partial charge in [0.2, 0.25) is 0 Å². The van der Waals surface area contributed by atoms with Crippen LogP contribution in [-0.2, 0) is 9.53 Å². The predicted molar refractivity (Wildman–Crippen MR) is 73.2 cm³/mol. The lowest BCUT2D eigenvalue weighted by atomic mass is 10.0. The molecule has 0 aliphatic carbocycles. The van der Waals surface area contributed by atoms with Crippen LogP contribution >= 0.6 is 0 Å². The molecule has 1 saturated heterocycles. The van der Waals surface area contributed by atoms with E-state index in [0.717, 1.165) is 25.3 Å². The average Bonchev–Trinajstić information content (AvgIpc) is 2.93. The van der Waals surface area contributed by atoms with Gasteiger partial charge in [-0.25, -0.2) is 0 Å². The molecule has 0 saturated carbocycles. The van der Waals surface area contributed by atoms with Crippen LogP contribution in [0, 0.1) is 0 Å². The highest BCUT2D eigenvalue weighted by Gasteiger charge is 2.26. The Morgan fingerprint density at radius 3 is 3.00 bits per heavy atom. The molecule has 1 aliphatic heterocycles. The Bertz CT molecular complexity index is 433. The van der Waals surface area contributed by atoms with Gasteiger partial charge in [0.15, 0.2) is 0 Å². The number of nitrogens with zero attached hydrogens (tertiary/aromatic N) is 1. The van der Waals surface area contributed by atoms with Crippen molar-refractivity contribution < 1.29 is 14.3 Å². The summed E-state index contributed by atoms with van der Waals surface area (Å²) in [5, 5.41) is 0. The summed E-state index contributed by atoms with van der Waals surface area (Å²) in [5.41, 5.74) is 1.27. The molecule has 1 aromatic carbocycles. The molecule has 0 bridgehead atoms. The third-order valence-corrected chi connectivity index (χ3v) is 3.67. The Kier molecular flexibility index (Phi) is 4.80. The molecule has 1 heterocycles. The number of likely N-dealkylation sites (tertiary alicyclic amines) is 1. The van der Waals surface area contributed by atoms with Crippen LogP contribution in [-0.4, -0.2) is 38.2 Å². The minimum atomic E-state index is -0.142. The summed E-state index contributed by atoms with van der Waals surface area (Å²) in [4.78, 5) is 13.6. The first-order valence-corrected chi connectivity index (χ1v) is 6.69. The Hall–Kier alpha value is -1.55. The lowest BCUT2D eigenvalue weighted by molar-refractivity contribution is -0.141. The number of carbonyl (C=O) groups is 1. The van der Waals surface area contributed by atoms with Gasteiger partial charge in [-0.1, -0.05) is 12.1 Å². The highest BCUT2D eigenvalue weighted by molar-refractivity contribution is 5.69. The first-order chi connectivity index (χ1) is 9.24. The third-order valence-electron chi connectivity index (χ3n) is 3.67. The van der Waals surface area contributed by atoms with E-state index in [9.17, 15) is 4.79 Å². The quantitative estimate of drug-likeness (QED) is 0.765. The Labute approximate surface area is 114 Å². The number of ether oxygens (including phenoxy) is 2. The molecule has 0 aromatic heterocycles. The Balaban J connectivity index is 2.03. The zero-order valence-corrected chi connectivity index (χ0v) is 11.6. The topological polar surface area (TPSA) is 38.8 Å². The molecule has 1 atom stereocenters. The van der Waals surface area contributed by atoms with Crippen LogP contribution in [0.2, 0.25) is 0 Å². The standard InChI is InChI=1S/C15H21NO3/c1-18-13-6-3-5-12(11-13)14-7-4-9-16(14)10-8-15(17)19-2/h3,5-6,11,14H,4,7-10H2,1-2H3/t14-/m0/s1. The molecular weight excluding hydrogens is 242 g/mol. The molecule has 4 nitrogen and oxygen atoms in total. The molecule has 104 valence electrons. The molecule has 1 aliphatic rings.